The number of benzene rings is 1. The Bertz CT molecular complexity index is 924. The van der Waals surface area contributed by atoms with Crippen LogP contribution in [0.1, 0.15) is 35.4 Å². The summed E-state index contributed by atoms with van der Waals surface area (Å²) in [5.74, 6) is 1.17. The van der Waals surface area contributed by atoms with Gasteiger partial charge in [-0.2, -0.15) is 0 Å². The van der Waals surface area contributed by atoms with E-state index >= 15 is 0 Å². The van der Waals surface area contributed by atoms with Crippen LogP contribution in [0, 0.1) is 0 Å². The molecule has 0 spiro atoms. The number of nitrogens with zero attached hydrogens (tertiary/aromatic N) is 4. The molecule has 1 aliphatic rings. The van der Waals surface area contributed by atoms with Gasteiger partial charge in [0.1, 0.15) is 11.5 Å². The Hall–Kier alpha value is -3.28. The van der Waals surface area contributed by atoms with Gasteiger partial charge in [0, 0.05) is 30.9 Å². The van der Waals surface area contributed by atoms with Gasteiger partial charge in [0.05, 0.1) is 12.2 Å². The van der Waals surface area contributed by atoms with Gasteiger partial charge in [-0.15, -0.1) is 0 Å². The Morgan fingerprint density at radius 2 is 1.75 bits per heavy atom. The maximum absolute atomic E-state index is 12.8. The molecule has 0 atom stereocenters. The molecule has 3 aromatic rings. The average Bonchev–Trinajstić information content (AvgIpc) is 2.79. The van der Waals surface area contributed by atoms with Gasteiger partial charge >= 0.3 is 0 Å². The first-order valence-electron chi connectivity index (χ1n) is 9.67. The molecular weight excluding hydrogens is 350 g/mol. The van der Waals surface area contributed by atoms with E-state index in [9.17, 15) is 4.79 Å². The first-order chi connectivity index (χ1) is 13.8. The van der Waals surface area contributed by atoms with Crippen LogP contribution < -0.4 is 10.2 Å². The minimum Gasteiger partial charge on any atom is -0.356 e. The molecular formula is C22H23N5O. The fourth-order valence-electron chi connectivity index (χ4n) is 3.32. The van der Waals surface area contributed by atoms with Gasteiger partial charge < -0.3 is 10.2 Å². The lowest BCUT2D eigenvalue weighted by Gasteiger charge is -2.28. The molecule has 1 fully saturated rings. The quantitative estimate of drug-likeness (QED) is 0.742. The molecule has 1 N–H and O–H groups in total. The van der Waals surface area contributed by atoms with Crippen molar-refractivity contribution in [2.45, 2.75) is 25.8 Å². The van der Waals surface area contributed by atoms with Crippen molar-refractivity contribution < 1.29 is 4.79 Å². The molecule has 2 aromatic heterocycles. The zero-order valence-corrected chi connectivity index (χ0v) is 15.7. The molecule has 0 aliphatic carbocycles. The molecule has 4 rings (SSSR count). The van der Waals surface area contributed by atoms with Crippen LogP contribution in [0.2, 0.25) is 0 Å². The zero-order chi connectivity index (χ0) is 19.2. The van der Waals surface area contributed by atoms with E-state index in [0.29, 0.717) is 18.1 Å². The monoisotopic (exact) mass is 373 g/mol. The van der Waals surface area contributed by atoms with E-state index in [1.165, 1.54) is 6.42 Å². The molecule has 0 bridgehead atoms. The molecule has 0 unspecified atom stereocenters. The maximum atomic E-state index is 12.8. The maximum Gasteiger partial charge on any atom is 0.270 e. The van der Waals surface area contributed by atoms with Crippen molar-refractivity contribution >= 4 is 11.7 Å². The second-order valence-electron chi connectivity index (χ2n) is 6.85. The van der Waals surface area contributed by atoms with Crippen LogP contribution in [0.3, 0.4) is 0 Å². The van der Waals surface area contributed by atoms with Gasteiger partial charge in [-0.25, -0.2) is 9.97 Å². The van der Waals surface area contributed by atoms with E-state index in [1.54, 1.807) is 12.3 Å². The number of amides is 1. The van der Waals surface area contributed by atoms with Crippen molar-refractivity contribution in [2.75, 3.05) is 18.0 Å². The lowest BCUT2D eigenvalue weighted by molar-refractivity contribution is 0.0945. The molecule has 1 aliphatic heterocycles. The Balaban J connectivity index is 1.62. The van der Waals surface area contributed by atoms with Crippen LogP contribution in [-0.4, -0.2) is 33.9 Å². The van der Waals surface area contributed by atoms with E-state index < -0.39 is 0 Å². The lowest BCUT2D eigenvalue weighted by Crippen LogP contribution is -2.31. The lowest BCUT2D eigenvalue weighted by atomic mass is 10.1. The summed E-state index contributed by atoms with van der Waals surface area (Å²) in [7, 11) is 0. The second-order valence-corrected chi connectivity index (χ2v) is 6.85. The van der Waals surface area contributed by atoms with Gasteiger partial charge in [-0.05, 0) is 31.4 Å². The molecule has 3 heterocycles. The normalized spacial score (nSPS) is 13.9. The first-order valence-corrected chi connectivity index (χ1v) is 9.67. The van der Waals surface area contributed by atoms with Crippen LogP contribution >= 0.6 is 0 Å². The number of carbonyl (C=O) groups excluding carboxylic acids is 1. The van der Waals surface area contributed by atoms with Crippen LogP contribution in [0.4, 0.5) is 5.82 Å². The molecule has 28 heavy (non-hydrogen) atoms. The number of aromatic nitrogens is 3. The smallest absolute Gasteiger partial charge is 0.270 e. The number of hydrogen-bond donors (Lipinski definition) is 1. The highest BCUT2D eigenvalue weighted by Gasteiger charge is 2.18. The number of carbonyl (C=O) groups is 1. The summed E-state index contributed by atoms with van der Waals surface area (Å²) in [6, 6.07) is 17.2. The number of rotatable bonds is 5. The Morgan fingerprint density at radius 3 is 2.50 bits per heavy atom. The number of anilines is 1. The molecule has 1 saturated heterocycles. The highest BCUT2D eigenvalue weighted by atomic mass is 16.1. The van der Waals surface area contributed by atoms with Crippen molar-refractivity contribution in [2.24, 2.45) is 0 Å². The topological polar surface area (TPSA) is 71.0 Å². The van der Waals surface area contributed by atoms with E-state index in [1.807, 2.05) is 48.5 Å². The fourth-order valence-corrected chi connectivity index (χ4v) is 3.32. The Morgan fingerprint density at radius 1 is 0.964 bits per heavy atom. The van der Waals surface area contributed by atoms with Gasteiger partial charge in [-0.3, -0.25) is 9.78 Å². The standard InChI is InChI=1S/C22H23N5O/c28-22(24-16-18-11-5-6-12-23-18)19-15-20(27-13-7-2-8-14-27)26-21(25-19)17-9-3-1-4-10-17/h1,3-6,9-12,15H,2,7-8,13-14,16H2,(H,24,28). The van der Waals surface area contributed by atoms with Gasteiger partial charge in [0.2, 0.25) is 0 Å². The summed E-state index contributed by atoms with van der Waals surface area (Å²) in [6.07, 6.45) is 5.25. The molecule has 0 radical (unpaired) electrons. The van der Waals surface area contributed by atoms with Crippen LogP contribution in [0.5, 0.6) is 0 Å². The largest absolute Gasteiger partial charge is 0.356 e. The van der Waals surface area contributed by atoms with Crippen molar-refractivity contribution in [1.29, 1.82) is 0 Å². The number of nitrogens with one attached hydrogen (secondary N) is 1. The predicted molar refractivity (Wildman–Crippen MR) is 109 cm³/mol. The highest BCUT2D eigenvalue weighted by molar-refractivity contribution is 5.93. The van der Waals surface area contributed by atoms with E-state index in [4.69, 9.17) is 4.98 Å². The molecule has 1 aromatic carbocycles. The minimum atomic E-state index is -0.219. The molecule has 142 valence electrons. The fraction of sp³-hybridized carbons (Fsp3) is 0.273. The number of hydrogen-bond acceptors (Lipinski definition) is 5. The predicted octanol–water partition coefficient (Wildman–Crippen LogP) is 3.46. The SMILES string of the molecule is O=C(NCc1ccccn1)c1cc(N2CCCCC2)nc(-c2ccccc2)n1. The highest BCUT2D eigenvalue weighted by Crippen LogP contribution is 2.23. The molecule has 6 nitrogen and oxygen atoms in total. The average molecular weight is 373 g/mol. The summed E-state index contributed by atoms with van der Waals surface area (Å²) in [4.78, 5) is 28.6. The molecule has 0 saturated carbocycles. The third-order valence-corrected chi connectivity index (χ3v) is 4.81. The van der Waals surface area contributed by atoms with Crippen LogP contribution in [0.15, 0.2) is 60.8 Å². The van der Waals surface area contributed by atoms with E-state index in [2.05, 4.69) is 20.2 Å². The minimum absolute atomic E-state index is 0.219. The van der Waals surface area contributed by atoms with E-state index in [-0.39, 0.29) is 5.91 Å². The van der Waals surface area contributed by atoms with Gasteiger partial charge in [-0.1, -0.05) is 36.4 Å². The summed E-state index contributed by atoms with van der Waals surface area (Å²) in [6.45, 7) is 2.28. The van der Waals surface area contributed by atoms with Crippen molar-refractivity contribution in [3.8, 4) is 11.4 Å². The third-order valence-electron chi connectivity index (χ3n) is 4.81. The first kappa shape index (κ1) is 18.1. The van der Waals surface area contributed by atoms with Crippen molar-refractivity contribution in [1.82, 2.24) is 20.3 Å². The number of pyridine rings is 1. The van der Waals surface area contributed by atoms with Crippen molar-refractivity contribution in [3.05, 3.63) is 72.2 Å². The Kier molecular flexibility index (Phi) is 5.56. The van der Waals surface area contributed by atoms with E-state index in [0.717, 1.165) is 43.0 Å². The van der Waals surface area contributed by atoms with Crippen molar-refractivity contribution in [3.63, 3.8) is 0 Å². The summed E-state index contributed by atoms with van der Waals surface area (Å²) in [5.41, 5.74) is 2.09. The van der Waals surface area contributed by atoms with Gasteiger partial charge in [0.15, 0.2) is 5.82 Å². The molecule has 1 amide bonds. The summed E-state index contributed by atoms with van der Waals surface area (Å²) < 4.78 is 0. The molecule has 6 heteroatoms. The summed E-state index contributed by atoms with van der Waals surface area (Å²) >= 11 is 0. The van der Waals surface area contributed by atoms with Crippen LogP contribution in [0.25, 0.3) is 11.4 Å². The second kappa shape index (κ2) is 8.61. The zero-order valence-electron chi connectivity index (χ0n) is 15.7. The van der Waals surface area contributed by atoms with Gasteiger partial charge in [0.25, 0.3) is 5.91 Å². The third kappa shape index (κ3) is 4.34. The van der Waals surface area contributed by atoms with Crippen LogP contribution in [-0.2, 0) is 6.54 Å². The Labute approximate surface area is 164 Å². The number of piperidine rings is 1. The summed E-state index contributed by atoms with van der Waals surface area (Å²) in [5, 5.41) is 2.91.